The van der Waals surface area contributed by atoms with Crippen LogP contribution in [0.5, 0.6) is 5.88 Å². The maximum atomic E-state index is 12.8. The predicted octanol–water partition coefficient (Wildman–Crippen LogP) is 2.07. The minimum atomic E-state index is -0.508. The molecule has 0 radical (unpaired) electrons. The number of hydrogen-bond acceptors (Lipinski definition) is 5. The number of pyridine rings is 2. The van der Waals surface area contributed by atoms with Crippen molar-refractivity contribution in [2.24, 2.45) is 0 Å². The molecule has 0 bridgehead atoms. The summed E-state index contributed by atoms with van der Waals surface area (Å²) in [5.74, 6) is -0.392. The first-order chi connectivity index (χ1) is 13.1. The highest BCUT2D eigenvalue weighted by Gasteiger charge is 2.31. The number of amides is 1. The van der Waals surface area contributed by atoms with Crippen molar-refractivity contribution < 1.29 is 14.5 Å². The number of hydrogen-bond donors (Lipinski definition) is 2. The number of halogens is 1. The van der Waals surface area contributed by atoms with Crippen molar-refractivity contribution in [3.63, 3.8) is 0 Å². The number of nitrogens with zero attached hydrogens (tertiary/aromatic N) is 5. The first-order valence-corrected chi connectivity index (χ1v) is 8.40. The quantitative estimate of drug-likeness (QED) is 0.527. The molecule has 0 unspecified atom stereocenters. The largest absolute Gasteiger partial charge is 0.474 e. The summed E-state index contributed by atoms with van der Waals surface area (Å²) in [5, 5.41) is 13.9. The molecule has 0 atom stereocenters. The van der Waals surface area contributed by atoms with E-state index in [4.69, 9.17) is 11.6 Å². The Morgan fingerprint density at radius 1 is 1.26 bits per heavy atom. The lowest BCUT2D eigenvalue weighted by Crippen LogP contribution is -2.33. The van der Waals surface area contributed by atoms with Gasteiger partial charge < -0.3 is 10.4 Å². The van der Waals surface area contributed by atoms with Crippen LogP contribution >= 0.6 is 11.6 Å². The number of nitrogens with one attached hydrogen (secondary N) is 1. The van der Waals surface area contributed by atoms with Gasteiger partial charge >= 0.3 is 11.8 Å². The Bertz CT molecular complexity index is 1130. The third kappa shape index (κ3) is 3.30. The van der Waals surface area contributed by atoms with Gasteiger partial charge in [0.05, 0.1) is 6.20 Å². The molecule has 0 saturated heterocycles. The molecule has 134 valence electrons. The molecule has 0 aliphatic heterocycles. The fourth-order valence-corrected chi connectivity index (χ4v) is 2.96. The Hall–Kier alpha value is -3.52. The second-order valence-corrected chi connectivity index (χ2v) is 6.18. The van der Waals surface area contributed by atoms with Gasteiger partial charge in [-0.15, -0.1) is 0 Å². The van der Waals surface area contributed by atoms with Crippen LogP contribution in [-0.4, -0.2) is 30.4 Å². The molecular weight excluding hydrogens is 368 g/mol. The van der Waals surface area contributed by atoms with Crippen LogP contribution in [0.2, 0.25) is 5.02 Å². The molecule has 8 nitrogen and oxygen atoms in total. The maximum Gasteiger partial charge on any atom is 0.337 e. The third-order valence-electron chi connectivity index (χ3n) is 3.96. The molecule has 0 aromatic carbocycles. The van der Waals surface area contributed by atoms with Gasteiger partial charge in [0.25, 0.3) is 11.3 Å². The SMILES string of the molecule is O=C(Nc1cc(Cl)ccn1)c1c(O)[n+](Cc2cncnc2)c2ccccn12. The zero-order chi connectivity index (χ0) is 18.8. The van der Waals surface area contributed by atoms with E-state index in [9.17, 15) is 9.90 Å². The minimum Gasteiger partial charge on any atom is -0.474 e. The van der Waals surface area contributed by atoms with E-state index in [0.717, 1.165) is 5.56 Å². The highest BCUT2D eigenvalue weighted by molar-refractivity contribution is 6.30. The summed E-state index contributed by atoms with van der Waals surface area (Å²) in [5.41, 5.74) is 1.52. The summed E-state index contributed by atoms with van der Waals surface area (Å²) in [7, 11) is 0. The second kappa shape index (κ2) is 7.00. The van der Waals surface area contributed by atoms with Gasteiger partial charge in [-0.3, -0.25) is 4.79 Å². The van der Waals surface area contributed by atoms with Gasteiger partial charge in [-0.25, -0.2) is 15.0 Å². The Labute approximate surface area is 158 Å². The summed E-state index contributed by atoms with van der Waals surface area (Å²) in [6.45, 7) is 0.308. The number of carbonyl (C=O) groups excluding carboxylic acids is 1. The Morgan fingerprint density at radius 2 is 2.07 bits per heavy atom. The van der Waals surface area contributed by atoms with E-state index in [1.165, 1.54) is 18.6 Å². The molecule has 0 aliphatic carbocycles. The Morgan fingerprint density at radius 3 is 2.85 bits per heavy atom. The van der Waals surface area contributed by atoms with Crippen molar-refractivity contribution >= 4 is 29.0 Å². The molecule has 4 aromatic rings. The number of fused-ring (bicyclic) bond motifs is 1. The fraction of sp³-hybridized carbons (Fsp3) is 0.0556. The van der Waals surface area contributed by atoms with Gasteiger partial charge in [-0.05, 0) is 18.2 Å². The van der Waals surface area contributed by atoms with Crippen molar-refractivity contribution in [3.05, 3.63) is 77.7 Å². The van der Waals surface area contributed by atoms with Crippen LogP contribution in [0, 0.1) is 0 Å². The first-order valence-electron chi connectivity index (χ1n) is 8.02. The van der Waals surface area contributed by atoms with E-state index in [1.54, 1.807) is 45.8 Å². The molecule has 0 aliphatic rings. The molecule has 9 heteroatoms. The molecule has 4 rings (SSSR count). The van der Waals surface area contributed by atoms with E-state index in [-0.39, 0.29) is 11.6 Å². The van der Waals surface area contributed by atoms with Gasteiger partial charge in [-0.1, -0.05) is 17.7 Å². The number of rotatable bonds is 4. The summed E-state index contributed by atoms with van der Waals surface area (Å²) in [4.78, 5) is 24.8. The Kier molecular flexibility index (Phi) is 4.39. The molecular formula is C18H14ClN6O2+. The molecule has 0 saturated carbocycles. The zero-order valence-electron chi connectivity index (χ0n) is 14.0. The van der Waals surface area contributed by atoms with Gasteiger partial charge in [0.2, 0.25) is 0 Å². The molecule has 2 N–H and O–H groups in total. The first kappa shape index (κ1) is 16.9. The number of aromatic nitrogens is 5. The smallest absolute Gasteiger partial charge is 0.337 e. The summed E-state index contributed by atoms with van der Waals surface area (Å²) >= 11 is 5.93. The fourth-order valence-electron chi connectivity index (χ4n) is 2.80. The maximum absolute atomic E-state index is 12.8. The van der Waals surface area contributed by atoms with Crippen LogP contribution in [0.4, 0.5) is 5.82 Å². The van der Waals surface area contributed by atoms with Crippen molar-refractivity contribution in [3.8, 4) is 5.88 Å². The van der Waals surface area contributed by atoms with Gasteiger partial charge in [0, 0.05) is 35.2 Å². The number of imidazole rings is 1. The normalized spacial score (nSPS) is 10.9. The predicted molar refractivity (Wildman–Crippen MR) is 97.6 cm³/mol. The van der Waals surface area contributed by atoms with Gasteiger partial charge in [-0.2, -0.15) is 8.97 Å². The lowest BCUT2D eigenvalue weighted by Gasteiger charge is -2.02. The zero-order valence-corrected chi connectivity index (χ0v) is 14.7. The third-order valence-corrected chi connectivity index (χ3v) is 4.19. The summed E-state index contributed by atoms with van der Waals surface area (Å²) in [6, 6.07) is 8.54. The van der Waals surface area contributed by atoms with Crippen molar-refractivity contribution in [2.45, 2.75) is 6.54 Å². The standard InChI is InChI=1S/C18H13ClN6O2/c19-13-4-5-22-14(7-13)23-17(26)16-18(27)25(10-12-8-20-11-21-9-12)15-3-1-2-6-24(15)16/h1-9,11H,10H2,(H-,22,23,26,27)/p+1. The topological polar surface area (TPSA) is 96.3 Å². The van der Waals surface area contributed by atoms with Gasteiger partial charge in [0.1, 0.15) is 18.7 Å². The van der Waals surface area contributed by atoms with Crippen molar-refractivity contribution in [1.29, 1.82) is 0 Å². The Balaban J connectivity index is 1.76. The molecule has 4 aromatic heterocycles. The van der Waals surface area contributed by atoms with Crippen LogP contribution in [-0.2, 0) is 6.54 Å². The molecule has 0 fully saturated rings. The number of carbonyl (C=O) groups is 1. The highest BCUT2D eigenvalue weighted by Crippen LogP contribution is 2.20. The van der Waals surface area contributed by atoms with E-state index < -0.39 is 5.91 Å². The molecule has 27 heavy (non-hydrogen) atoms. The summed E-state index contributed by atoms with van der Waals surface area (Å²) < 4.78 is 3.22. The van der Waals surface area contributed by atoms with E-state index in [0.29, 0.717) is 23.0 Å². The molecule has 1 amide bonds. The van der Waals surface area contributed by atoms with Crippen LogP contribution in [0.1, 0.15) is 16.1 Å². The minimum absolute atomic E-state index is 0.0872. The van der Waals surface area contributed by atoms with Crippen molar-refractivity contribution in [1.82, 2.24) is 19.4 Å². The lowest BCUT2D eigenvalue weighted by atomic mass is 10.3. The average molecular weight is 382 g/mol. The number of aromatic hydroxyl groups is 1. The highest BCUT2D eigenvalue weighted by atomic mass is 35.5. The van der Waals surface area contributed by atoms with Gasteiger partial charge in [0.15, 0.2) is 0 Å². The molecule has 0 spiro atoms. The van der Waals surface area contributed by atoms with Crippen LogP contribution in [0.15, 0.2) is 61.4 Å². The lowest BCUT2D eigenvalue weighted by molar-refractivity contribution is -0.668. The average Bonchev–Trinajstić information content (AvgIpc) is 2.94. The van der Waals surface area contributed by atoms with Crippen LogP contribution < -0.4 is 9.88 Å². The number of anilines is 1. The second-order valence-electron chi connectivity index (χ2n) is 5.75. The van der Waals surface area contributed by atoms with Crippen LogP contribution in [0.25, 0.3) is 5.65 Å². The van der Waals surface area contributed by atoms with Crippen LogP contribution in [0.3, 0.4) is 0 Å². The van der Waals surface area contributed by atoms with E-state index >= 15 is 0 Å². The monoisotopic (exact) mass is 381 g/mol. The van der Waals surface area contributed by atoms with E-state index in [2.05, 4.69) is 20.3 Å². The van der Waals surface area contributed by atoms with Crippen molar-refractivity contribution in [2.75, 3.05) is 5.32 Å². The summed E-state index contributed by atoms with van der Waals surface area (Å²) in [6.07, 6.45) is 7.93. The van der Waals surface area contributed by atoms with E-state index in [1.807, 2.05) is 6.07 Å². The molecule has 4 heterocycles.